The second-order valence-corrected chi connectivity index (χ2v) is 6.41. The van der Waals surface area contributed by atoms with E-state index in [4.69, 9.17) is 4.74 Å². The molecule has 0 amide bonds. The number of aromatic nitrogens is 3. The summed E-state index contributed by atoms with van der Waals surface area (Å²) in [6, 6.07) is 2.92. The number of aliphatic hydroxyl groups excluding tert-OH is 2. The van der Waals surface area contributed by atoms with Gasteiger partial charge in [0.15, 0.2) is 6.23 Å². The van der Waals surface area contributed by atoms with Crippen molar-refractivity contribution < 1.29 is 20.1 Å². The van der Waals surface area contributed by atoms with E-state index in [2.05, 4.69) is 4.98 Å². The van der Waals surface area contributed by atoms with Crippen LogP contribution >= 0.6 is 0 Å². The molecule has 9 nitrogen and oxygen atoms in total. The van der Waals surface area contributed by atoms with Gasteiger partial charge in [0.2, 0.25) is 0 Å². The van der Waals surface area contributed by atoms with Gasteiger partial charge < -0.3 is 20.1 Å². The van der Waals surface area contributed by atoms with Crippen molar-refractivity contribution in [2.24, 2.45) is 0 Å². The molecule has 4 atom stereocenters. The van der Waals surface area contributed by atoms with Gasteiger partial charge in [0.1, 0.15) is 23.5 Å². The SMILES string of the molecule is CCCn1c(=O)ccc2cn([C@@H]3O[C@H](CO)[C@@H](O)[C@@]3(C)O)c(=O)nc21. The van der Waals surface area contributed by atoms with Crippen molar-refractivity contribution in [3.63, 3.8) is 0 Å². The van der Waals surface area contributed by atoms with Crippen molar-refractivity contribution in [3.8, 4) is 0 Å². The van der Waals surface area contributed by atoms with Gasteiger partial charge in [-0.05, 0) is 19.4 Å². The molecule has 2 aromatic heterocycles. The Bertz CT molecular complexity index is 903. The van der Waals surface area contributed by atoms with Crippen molar-refractivity contribution >= 4 is 11.0 Å². The summed E-state index contributed by atoms with van der Waals surface area (Å²) in [5, 5.41) is 30.4. The van der Waals surface area contributed by atoms with Crippen LogP contribution in [0, 0.1) is 0 Å². The van der Waals surface area contributed by atoms with Crippen LogP contribution in [0.1, 0.15) is 26.5 Å². The van der Waals surface area contributed by atoms with Gasteiger partial charge in [-0.3, -0.25) is 13.9 Å². The van der Waals surface area contributed by atoms with Crippen molar-refractivity contribution in [2.75, 3.05) is 6.61 Å². The lowest BCUT2D eigenvalue weighted by atomic mass is 9.96. The molecule has 3 heterocycles. The number of hydrogen-bond donors (Lipinski definition) is 3. The molecule has 25 heavy (non-hydrogen) atoms. The smallest absolute Gasteiger partial charge is 0.351 e. The summed E-state index contributed by atoms with van der Waals surface area (Å²) in [4.78, 5) is 28.4. The lowest BCUT2D eigenvalue weighted by Crippen LogP contribution is -2.46. The zero-order chi connectivity index (χ0) is 18.4. The Morgan fingerprint density at radius 1 is 1.36 bits per heavy atom. The third-order valence-corrected chi connectivity index (χ3v) is 4.52. The number of aryl methyl sites for hydroxylation is 1. The highest BCUT2D eigenvalue weighted by molar-refractivity contribution is 5.73. The van der Waals surface area contributed by atoms with Crippen LogP contribution < -0.4 is 11.2 Å². The molecular weight excluding hydrogens is 330 g/mol. The minimum atomic E-state index is -1.79. The summed E-state index contributed by atoms with van der Waals surface area (Å²) >= 11 is 0. The van der Waals surface area contributed by atoms with Crippen LogP contribution in [-0.2, 0) is 11.3 Å². The summed E-state index contributed by atoms with van der Waals surface area (Å²) in [6.45, 7) is 3.16. The van der Waals surface area contributed by atoms with Gasteiger partial charge >= 0.3 is 5.69 Å². The van der Waals surface area contributed by atoms with E-state index >= 15 is 0 Å². The number of rotatable bonds is 4. The first kappa shape index (κ1) is 17.7. The Morgan fingerprint density at radius 2 is 2.08 bits per heavy atom. The molecule has 0 aliphatic carbocycles. The van der Waals surface area contributed by atoms with E-state index in [1.165, 1.54) is 29.8 Å². The van der Waals surface area contributed by atoms with Gasteiger partial charge in [0.05, 0.1) is 6.61 Å². The Labute approximate surface area is 142 Å². The van der Waals surface area contributed by atoms with Gasteiger partial charge in [0, 0.05) is 24.2 Å². The van der Waals surface area contributed by atoms with Crippen LogP contribution in [0.4, 0.5) is 0 Å². The molecule has 136 valence electrons. The van der Waals surface area contributed by atoms with Crippen LogP contribution in [0.2, 0.25) is 0 Å². The molecule has 0 aromatic carbocycles. The molecule has 0 radical (unpaired) electrons. The fourth-order valence-corrected chi connectivity index (χ4v) is 3.16. The molecule has 1 aliphatic rings. The number of pyridine rings is 1. The van der Waals surface area contributed by atoms with E-state index in [1.54, 1.807) is 0 Å². The fourth-order valence-electron chi connectivity index (χ4n) is 3.16. The van der Waals surface area contributed by atoms with Gasteiger partial charge in [0.25, 0.3) is 5.56 Å². The highest BCUT2D eigenvalue weighted by Crippen LogP contribution is 2.37. The minimum Gasteiger partial charge on any atom is -0.394 e. The monoisotopic (exact) mass is 351 g/mol. The number of nitrogens with zero attached hydrogens (tertiary/aromatic N) is 3. The van der Waals surface area contributed by atoms with Gasteiger partial charge in [-0.25, -0.2) is 4.79 Å². The molecule has 2 aromatic rings. The zero-order valence-corrected chi connectivity index (χ0v) is 14.0. The van der Waals surface area contributed by atoms with E-state index in [0.717, 1.165) is 4.57 Å². The largest absolute Gasteiger partial charge is 0.394 e. The van der Waals surface area contributed by atoms with E-state index < -0.39 is 36.3 Å². The van der Waals surface area contributed by atoms with Crippen LogP contribution in [0.15, 0.2) is 27.9 Å². The molecule has 3 rings (SSSR count). The molecule has 1 aliphatic heterocycles. The Hall–Kier alpha value is -2.07. The van der Waals surface area contributed by atoms with Crippen molar-refractivity contribution in [1.82, 2.24) is 14.1 Å². The first-order valence-electron chi connectivity index (χ1n) is 8.10. The molecule has 1 saturated heterocycles. The topological polar surface area (TPSA) is 127 Å². The van der Waals surface area contributed by atoms with Crippen molar-refractivity contribution in [1.29, 1.82) is 0 Å². The molecule has 3 N–H and O–H groups in total. The van der Waals surface area contributed by atoms with Crippen LogP contribution in [0.3, 0.4) is 0 Å². The zero-order valence-electron chi connectivity index (χ0n) is 14.0. The Balaban J connectivity index is 2.16. The van der Waals surface area contributed by atoms with E-state index in [9.17, 15) is 24.9 Å². The van der Waals surface area contributed by atoms with Crippen molar-refractivity contribution in [2.45, 2.75) is 50.8 Å². The van der Waals surface area contributed by atoms with Crippen LogP contribution in [-0.4, -0.2) is 53.9 Å². The van der Waals surface area contributed by atoms with Crippen molar-refractivity contribution in [3.05, 3.63) is 39.2 Å². The molecule has 0 bridgehead atoms. The summed E-state index contributed by atoms with van der Waals surface area (Å²) in [7, 11) is 0. The minimum absolute atomic E-state index is 0.251. The third kappa shape index (κ3) is 2.78. The number of aliphatic hydroxyl groups is 3. The maximum atomic E-state index is 12.5. The average molecular weight is 351 g/mol. The maximum absolute atomic E-state index is 12.5. The fraction of sp³-hybridized carbons (Fsp3) is 0.562. The summed E-state index contributed by atoms with van der Waals surface area (Å²) < 4.78 is 7.95. The lowest BCUT2D eigenvalue weighted by Gasteiger charge is -2.27. The van der Waals surface area contributed by atoms with Gasteiger partial charge in [-0.15, -0.1) is 0 Å². The predicted molar refractivity (Wildman–Crippen MR) is 88.2 cm³/mol. The summed E-state index contributed by atoms with van der Waals surface area (Å²) in [5.41, 5.74) is -2.50. The molecular formula is C16H21N3O6. The Morgan fingerprint density at radius 3 is 2.68 bits per heavy atom. The predicted octanol–water partition coefficient (Wildman–Crippen LogP) is -1.03. The first-order valence-corrected chi connectivity index (χ1v) is 8.10. The van der Waals surface area contributed by atoms with Crippen LogP contribution in [0.5, 0.6) is 0 Å². The first-order chi connectivity index (χ1) is 11.8. The highest BCUT2D eigenvalue weighted by atomic mass is 16.6. The normalized spacial score (nSPS) is 29.4. The van der Waals surface area contributed by atoms with Gasteiger partial charge in [-0.1, -0.05) is 6.92 Å². The van der Waals surface area contributed by atoms with Crippen LogP contribution in [0.25, 0.3) is 11.0 Å². The lowest BCUT2D eigenvalue weighted by molar-refractivity contribution is -0.0985. The molecule has 0 saturated carbocycles. The number of fused-ring (bicyclic) bond motifs is 1. The summed E-state index contributed by atoms with van der Waals surface area (Å²) in [5.74, 6) is 0. The standard InChI is InChI=1S/C16H21N3O6/c1-3-6-18-11(21)5-4-9-7-19(15(23)17-13(9)18)14-16(2,24)12(22)10(8-20)25-14/h4-5,7,10,12,14,20,22,24H,3,6,8H2,1-2H3/t10-,12-,14-,16-/m1/s1. The van der Waals surface area contributed by atoms with E-state index in [1.807, 2.05) is 6.92 Å². The molecule has 9 heteroatoms. The molecule has 1 fully saturated rings. The molecule has 0 spiro atoms. The quantitative estimate of drug-likeness (QED) is 0.643. The van der Waals surface area contributed by atoms with E-state index in [-0.39, 0.29) is 11.2 Å². The Kier molecular flexibility index (Phi) is 4.50. The molecule has 0 unspecified atom stereocenters. The number of ether oxygens (including phenoxy) is 1. The van der Waals surface area contributed by atoms with Gasteiger partial charge in [-0.2, -0.15) is 4.98 Å². The summed E-state index contributed by atoms with van der Waals surface area (Å²) in [6.07, 6.45) is -1.46. The third-order valence-electron chi connectivity index (χ3n) is 4.52. The average Bonchev–Trinajstić information content (AvgIpc) is 2.80. The highest BCUT2D eigenvalue weighted by Gasteiger charge is 2.53. The second-order valence-electron chi connectivity index (χ2n) is 6.41. The number of hydrogen-bond acceptors (Lipinski definition) is 7. The van der Waals surface area contributed by atoms with E-state index in [0.29, 0.717) is 18.4 Å². The second kappa shape index (κ2) is 6.34. The maximum Gasteiger partial charge on any atom is 0.351 e.